The van der Waals surface area contributed by atoms with Gasteiger partial charge in [0.15, 0.2) is 0 Å². The summed E-state index contributed by atoms with van der Waals surface area (Å²) in [4.78, 5) is 13.5. The highest BCUT2D eigenvalue weighted by Gasteiger charge is 2.29. The fourth-order valence-corrected chi connectivity index (χ4v) is 2.38. The van der Waals surface area contributed by atoms with E-state index >= 15 is 0 Å². The average molecular weight is 179 g/mol. The second-order valence-electron chi connectivity index (χ2n) is 4.17. The van der Waals surface area contributed by atoms with Crippen molar-refractivity contribution < 1.29 is 4.79 Å². The van der Waals surface area contributed by atoms with Gasteiger partial charge in [0.05, 0.1) is 0 Å². The van der Waals surface area contributed by atoms with Gasteiger partial charge in [0, 0.05) is 19.0 Å². The third kappa shape index (κ3) is 1.77. The van der Waals surface area contributed by atoms with Crippen LogP contribution in [0.5, 0.6) is 0 Å². The SMILES string of the molecule is C=C1CCC(N2CCCC2=O)CC1. The van der Waals surface area contributed by atoms with E-state index in [0.29, 0.717) is 11.9 Å². The van der Waals surface area contributed by atoms with Crippen LogP contribution in [0, 0.1) is 0 Å². The van der Waals surface area contributed by atoms with E-state index in [0.717, 1.165) is 45.1 Å². The summed E-state index contributed by atoms with van der Waals surface area (Å²) in [5.74, 6) is 0.373. The molecule has 0 aromatic heterocycles. The monoisotopic (exact) mass is 179 g/mol. The molecule has 2 heteroatoms. The van der Waals surface area contributed by atoms with Crippen LogP contribution in [0.15, 0.2) is 12.2 Å². The van der Waals surface area contributed by atoms with Crippen LogP contribution in [-0.4, -0.2) is 23.4 Å². The molecule has 2 aliphatic rings. The molecule has 0 atom stereocenters. The van der Waals surface area contributed by atoms with Gasteiger partial charge in [-0.3, -0.25) is 4.79 Å². The highest BCUT2D eigenvalue weighted by atomic mass is 16.2. The molecule has 2 fully saturated rings. The maximum Gasteiger partial charge on any atom is 0.222 e. The number of allylic oxidation sites excluding steroid dienone is 1. The Morgan fingerprint density at radius 1 is 1.23 bits per heavy atom. The molecule has 0 aromatic rings. The van der Waals surface area contributed by atoms with Crippen LogP contribution in [0.2, 0.25) is 0 Å². The molecule has 0 radical (unpaired) electrons. The highest BCUT2D eigenvalue weighted by molar-refractivity contribution is 5.78. The Balaban J connectivity index is 1.93. The van der Waals surface area contributed by atoms with Gasteiger partial charge in [0.25, 0.3) is 0 Å². The molecule has 1 aliphatic heterocycles. The van der Waals surface area contributed by atoms with Gasteiger partial charge < -0.3 is 4.90 Å². The summed E-state index contributed by atoms with van der Waals surface area (Å²) >= 11 is 0. The van der Waals surface area contributed by atoms with Gasteiger partial charge in [-0.1, -0.05) is 12.2 Å². The van der Waals surface area contributed by atoms with Crippen molar-refractivity contribution in [3.8, 4) is 0 Å². The van der Waals surface area contributed by atoms with E-state index in [1.54, 1.807) is 0 Å². The molecule has 13 heavy (non-hydrogen) atoms. The van der Waals surface area contributed by atoms with Gasteiger partial charge in [0.2, 0.25) is 5.91 Å². The fraction of sp³-hybridized carbons (Fsp3) is 0.727. The Morgan fingerprint density at radius 3 is 2.46 bits per heavy atom. The molecule has 1 heterocycles. The van der Waals surface area contributed by atoms with Gasteiger partial charge in [-0.05, 0) is 32.1 Å². The van der Waals surface area contributed by atoms with Gasteiger partial charge in [-0.25, -0.2) is 0 Å². The Kier molecular flexibility index (Phi) is 2.38. The molecule has 0 N–H and O–H groups in total. The van der Waals surface area contributed by atoms with Crippen molar-refractivity contribution in [2.45, 2.75) is 44.6 Å². The van der Waals surface area contributed by atoms with Crippen LogP contribution >= 0.6 is 0 Å². The maximum absolute atomic E-state index is 11.5. The average Bonchev–Trinajstić information content (AvgIpc) is 2.53. The zero-order chi connectivity index (χ0) is 9.26. The summed E-state index contributed by atoms with van der Waals surface area (Å²) in [6, 6.07) is 0.528. The predicted octanol–water partition coefficient (Wildman–Crippen LogP) is 2.11. The minimum atomic E-state index is 0.373. The van der Waals surface area contributed by atoms with Crippen LogP contribution in [0.1, 0.15) is 38.5 Å². The van der Waals surface area contributed by atoms with E-state index in [2.05, 4.69) is 11.5 Å². The van der Waals surface area contributed by atoms with Crippen molar-refractivity contribution in [3.63, 3.8) is 0 Å². The zero-order valence-electron chi connectivity index (χ0n) is 8.09. The van der Waals surface area contributed by atoms with Crippen molar-refractivity contribution in [1.82, 2.24) is 4.90 Å². The molecule has 1 saturated heterocycles. The molecule has 1 saturated carbocycles. The number of carbonyl (C=O) groups excluding carboxylic acids is 1. The lowest BCUT2D eigenvalue weighted by Crippen LogP contribution is -2.37. The molecule has 0 spiro atoms. The third-order valence-corrected chi connectivity index (χ3v) is 3.21. The second-order valence-corrected chi connectivity index (χ2v) is 4.17. The molecule has 2 nitrogen and oxygen atoms in total. The number of nitrogens with zero attached hydrogens (tertiary/aromatic N) is 1. The van der Waals surface area contributed by atoms with Crippen LogP contribution < -0.4 is 0 Å². The zero-order valence-corrected chi connectivity index (χ0v) is 8.09. The maximum atomic E-state index is 11.5. The van der Waals surface area contributed by atoms with Crippen molar-refractivity contribution in [2.75, 3.05) is 6.54 Å². The Labute approximate surface area is 79.6 Å². The van der Waals surface area contributed by atoms with Crippen molar-refractivity contribution in [1.29, 1.82) is 0 Å². The van der Waals surface area contributed by atoms with Crippen LogP contribution in [-0.2, 0) is 4.79 Å². The second kappa shape index (κ2) is 3.52. The molecule has 0 bridgehead atoms. The molecular weight excluding hydrogens is 162 g/mol. The number of carbonyl (C=O) groups is 1. The van der Waals surface area contributed by atoms with E-state index < -0.39 is 0 Å². The minimum absolute atomic E-state index is 0.373. The van der Waals surface area contributed by atoms with E-state index in [-0.39, 0.29) is 0 Å². The topological polar surface area (TPSA) is 20.3 Å². The summed E-state index contributed by atoms with van der Waals surface area (Å²) in [5, 5.41) is 0. The molecule has 0 unspecified atom stereocenters. The van der Waals surface area contributed by atoms with E-state index in [4.69, 9.17) is 0 Å². The molecule has 1 aliphatic carbocycles. The number of hydrogen-bond acceptors (Lipinski definition) is 1. The Hall–Kier alpha value is -0.790. The summed E-state index contributed by atoms with van der Waals surface area (Å²) in [6.07, 6.45) is 6.37. The molecule has 0 aromatic carbocycles. The Bertz CT molecular complexity index is 224. The molecule has 1 amide bonds. The first kappa shape index (κ1) is 8.79. The van der Waals surface area contributed by atoms with Gasteiger partial charge in [-0.2, -0.15) is 0 Å². The summed E-state index contributed by atoms with van der Waals surface area (Å²) in [7, 11) is 0. The lowest BCUT2D eigenvalue weighted by Gasteiger charge is -2.31. The van der Waals surface area contributed by atoms with E-state index in [1.807, 2.05) is 0 Å². The van der Waals surface area contributed by atoms with Crippen LogP contribution in [0.3, 0.4) is 0 Å². The Morgan fingerprint density at radius 2 is 1.92 bits per heavy atom. The van der Waals surface area contributed by atoms with Gasteiger partial charge in [-0.15, -0.1) is 0 Å². The highest BCUT2D eigenvalue weighted by Crippen LogP contribution is 2.28. The lowest BCUT2D eigenvalue weighted by atomic mass is 9.91. The molecule has 2 rings (SSSR count). The summed E-state index contributed by atoms with van der Waals surface area (Å²) in [5.41, 5.74) is 1.36. The normalized spacial score (nSPS) is 25.7. The van der Waals surface area contributed by atoms with E-state index in [9.17, 15) is 4.79 Å². The standard InChI is InChI=1S/C11H17NO/c1-9-4-6-10(7-5-9)12-8-2-3-11(12)13/h10H,1-8H2. The quantitative estimate of drug-likeness (QED) is 0.564. The number of amides is 1. The minimum Gasteiger partial charge on any atom is -0.340 e. The lowest BCUT2D eigenvalue weighted by molar-refractivity contribution is -0.130. The first-order valence-corrected chi connectivity index (χ1v) is 5.23. The predicted molar refractivity (Wildman–Crippen MR) is 52.3 cm³/mol. The van der Waals surface area contributed by atoms with Crippen LogP contribution in [0.4, 0.5) is 0 Å². The van der Waals surface area contributed by atoms with Crippen molar-refractivity contribution >= 4 is 5.91 Å². The number of hydrogen-bond donors (Lipinski definition) is 0. The largest absolute Gasteiger partial charge is 0.340 e. The van der Waals surface area contributed by atoms with Crippen molar-refractivity contribution in [3.05, 3.63) is 12.2 Å². The number of likely N-dealkylation sites (tertiary alicyclic amines) is 1. The first-order valence-electron chi connectivity index (χ1n) is 5.23. The van der Waals surface area contributed by atoms with Gasteiger partial charge >= 0.3 is 0 Å². The molecular formula is C11H17NO. The first-order chi connectivity index (χ1) is 6.27. The summed E-state index contributed by atoms with van der Waals surface area (Å²) in [6.45, 7) is 4.99. The smallest absolute Gasteiger partial charge is 0.222 e. The van der Waals surface area contributed by atoms with Crippen molar-refractivity contribution in [2.24, 2.45) is 0 Å². The van der Waals surface area contributed by atoms with E-state index in [1.165, 1.54) is 5.57 Å². The summed E-state index contributed by atoms with van der Waals surface area (Å²) < 4.78 is 0. The third-order valence-electron chi connectivity index (χ3n) is 3.21. The fourth-order valence-electron chi connectivity index (χ4n) is 2.38. The van der Waals surface area contributed by atoms with Gasteiger partial charge in [0.1, 0.15) is 0 Å². The molecule has 72 valence electrons. The van der Waals surface area contributed by atoms with Crippen LogP contribution in [0.25, 0.3) is 0 Å². The number of rotatable bonds is 1.